The number of aryl methyl sites for hydroxylation is 2. The van der Waals surface area contributed by atoms with Crippen LogP contribution in [0.15, 0.2) is 41.3 Å². The van der Waals surface area contributed by atoms with E-state index in [0.717, 1.165) is 30.4 Å². The molecule has 1 heterocycles. The van der Waals surface area contributed by atoms with E-state index < -0.39 is 6.61 Å². The Labute approximate surface area is 138 Å². The average Bonchev–Trinajstić information content (AvgIpc) is 3.38. The van der Waals surface area contributed by atoms with Crippen molar-refractivity contribution in [3.63, 3.8) is 0 Å². The van der Waals surface area contributed by atoms with E-state index in [1.807, 2.05) is 0 Å². The van der Waals surface area contributed by atoms with E-state index in [2.05, 4.69) is 9.72 Å². The van der Waals surface area contributed by atoms with Gasteiger partial charge in [0.05, 0.1) is 6.61 Å². The number of H-pyrrole nitrogens is 1. The van der Waals surface area contributed by atoms with Crippen molar-refractivity contribution >= 4 is 0 Å². The van der Waals surface area contributed by atoms with Crippen LogP contribution < -0.4 is 15.0 Å². The van der Waals surface area contributed by atoms with Gasteiger partial charge in [-0.15, -0.1) is 0 Å². The predicted molar refractivity (Wildman–Crippen MR) is 85.8 cm³/mol. The molecular weight excluding hydrogens is 316 g/mol. The SMILES string of the molecule is O=c1ccc(CCc2ccc(OC(F)F)c(OCC3CC3)c2)c[nH]1. The van der Waals surface area contributed by atoms with Crippen LogP contribution in [0.4, 0.5) is 8.78 Å². The third-order valence-corrected chi connectivity index (χ3v) is 3.95. The van der Waals surface area contributed by atoms with Gasteiger partial charge < -0.3 is 14.5 Å². The van der Waals surface area contributed by atoms with Crippen molar-refractivity contribution in [2.24, 2.45) is 5.92 Å². The first-order valence-corrected chi connectivity index (χ1v) is 7.98. The molecule has 0 aliphatic heterocycles. The third-order valence-electron chi connectivity index (χ3n) is 3.95. The van der Waals surface area contributed by atoms with E-state index in [1.165, 1.54) is 12.1 Å². The van der Waals surface area contributed by atoms with E-state index in [-0.39, 0.29) is 11.3 Å². The van der Waals surface area contributed by atoms with Gasteiger partial charge in [-0.1, -0.05) is 12.1 Å². The van der Waals surface area contributed by atoms with E-state index in [1.54, 1.807) is 24.4 Å². The highest BCUT2D eigenvalue weighted by atomic mass is 19.3. The zero-order valence-electron chi connectivity index (χ0n) is 13.1. The molecule has 2 aromatic rings. The Kier molecular flexibility index (Phi) is 5.13. The van der Waals surface area contributed by atoms with Crippen LogP contribution in [-0.4, -0.2) is 18.2 Å². The predicted octanol–water partition coefficient (Wildman–Crippen LogP) is 3.55. The number of halogens is 2. The van der Waals surface area contributed by atoms with Crippen molar-refractivity contribution < 1.29 is 18.3 Å². The van der Waals surface area contributed by atoms with Gasteiger partial charge in [0.2, 0.25) is 5.56 Å². The second kappa shape index (κ2) is 7.47. The van der Waals surface area contributed by atoms with E-state index in [4.69, 9.17) is 4.74 Å². The number of aromatic nitrogens is 1. The summed E-state index contributed by atoms with van der Waals surface area (Å²) in [4.78, 5) is 13.7. The molecule has 1 aromatic heterocycles. The van der Waals surface area contributed by atoms with Gasteiger partial charge in [-0.05, 0) is 54.9 Å². The fourth-order valence-electron chi connectivity index (χ4n) is 2.39. The van der Waals surface area contributed by atoms with Crippen molar-refractivity contribution in [2.45, 2.75) is 32.3 Å². The Hall–Kier alpha value is -2.37. The van der Waals surface area contributed by atoms with E-state index in [9.17, 15) is 13.6 Å². The van der Waals surface area contributed by atoms with Crippen molar-refractivity contribution in [3.8, 4) is 11.5 Å². The number of ether oxygens (including phenoxy) is 2. The molecule has 0 unspecified atom stereocenters. The Morgan fingerprint density at radius 2 is 1.83 bits per heavy atom. The molecule has 1 saturated carbocycles. The largest absolute Gasteiger partial charge is 0.489 e. The van der Waals surface area contributed by atoms with Crippen LogP contribution in [0.1, 0.15) is 24.0 Å². The summed E-state index contributed by atoms with van der Waals surface area (Å²) in [6, 6.07) is 8.30. The van der Waals surface area contributed by atoms with Crippen LogP contribution in [0.2, 0.25) is 0 Å². The summed E-state index contributed by atoms with van der Waals surface area (Å²) in [5, 5.41) is 0. The normalized spacial score (nSPS) is 14.0. The highest BCUT2D eigenvalue weighted by Crippen LogP contribution is 2.34. The lowest BCUT2D eigenvalue weighted by molar-refractivity contribution is -0.0515. The van der Waals surface area contributed by atoms with E-state index >= 15 is 0 Å². The van der Waals surface area contributed by atoms with Gasteiger partial charge in [-0.2, -0.15) is 8.78 Å². The Morgan fingerprint density at radius 1 is 1.08 bits per heavy atom. The van der Waals surface area contributed by atoms with Gasteiger partial charge in [0, 0.05) is 12.3 Å². The van der Waals surface area contributed by atoms with Crippen molar-refractivity contribution in [2.75, 3.05) is 6.61 Å². The second-order valence-electron chi connectivity index (χ2n) is 5.98. The zero-order valence-corrected chi connectivity index (χ0v) is 13.1. The summed E-state index contributed by atoms with van der Waals surface area (Å²) in [6.07, 6.45) is 5.36. The summed E-state index contributed by atoms with van der Waals surface area (Å²) in [5.74, 6) is 0.953. The van der Waals surface area contributed by atoms with Gasteiger partial charge in [0.15, 0.2) is 11.5 Å². The maximum absolute atomic E-state index is 12.5. The Morgan fingerprint density at radius 3 is 2.50 bits per heavy atom. The van der Waals surface area contributed by atoms with Crippen molar-refractivity contribution in [1.82, 2.24) is 4.98 Å². The Bertz CT molecular complexity index is 721. The highest BCUT2D eigenvalue weighted by Gasteiger charge is 2.23. The minimum atomic E-state index is -2.87. The first-order valence-electron chi connectivity index (χ1n) is 7.98. The fourth-order valence-corrected chi connectivity index (χ4v) is 2.39. The van der Waals surface area contributed by atoms with Gasteiger partial charge in [0.1, 0.15) is 0 Å². The summed E-state index contributed by atoms with van der Waals surface area (Å²) in [7, 11) is 0. The topological polar surface area (TPSA) is 51.3 Å². The number of alkyl halides is 2. The van der Waals surface area contributed by atoms with Gasteiger partial charge in [0.25, 0.3) is 0 Å². The molecule has 0 bridgehead atoms. The quantitative estimate of drug-likeness (QED) is 0.803. The molecule has 0 amide bonds. The summed E-state index contributed by atoms with van der Waals surface area (Å²) < 4.78 is 35.2. The third kappa shape index (κ3) is 4.81. The van der Waals surface area contributed by atoms with Crippen LogP contribution >= 0.6 is 0 Å². The summed E-state index contributed by atoms with van der Waals surface area (Å²) in [5.41, 5.74) is 1.83. The van der Waals surface area contributed by atoms with Crippen LogP contribution in [0.5, 0.6) is 11.5 Å². The van der Waals surface area contributed by atoms with Crippen LogP contribution in [-0.2, 0) is 12.8 Å². The number of aromatic amines is 1. The summed E-state index contributed by atoms with van der Waals surface area (Å²) in [6.45, 7) is -2.34. The monoisotopic (exact) mass is 335 g/mol. The maximum atomic E-state index is 12.5. The first-order chi connectivity index (χ1) is 11.6. The highest BCUT2D eigenvalue weighted by molar-refractivity contribution is 5.43. The molecule has 1 aromatic carbocycles. The number of hydrogen-bond acceptors (Lipinski definition) is 3. The molecule has 0 atom stereocenters. The number of hydrogen-bond donors (Lipinski definition) is 1. The lowest BCUT2D eigenvalue weighted by atomic mass is 10.1. The molecule has 24 heavy (non-hydrogen) atoms. The fraction of sp³-hybridized carbons (Fsp3) is 0.389. The van der Waals surface area contributed by atoms with Gasteiger partial charge in [-0.3, -0.25) is 4.79 Å². The minimum Gasteiger partial charge on any atom is -0.489 e. The number of pyridine rings is 1. The molecule has 0 saturated heterocycles. The minimum absolute atomic E-state index is 0.0680. The molecular formula is C18H19F2NO3. The molecule has 3 rings (SSSR count). The van der Waals surface area contributed by atoms with Crippen LogP contribution in [0, 0.1) is 5.92 Å². The molecule has 4 nitrogen and oxygen atoms in total. The maximum Gasteiger partial charge on any atom is 0.387 e. The lowest BCUT2D eigenvalue weighted by Crippen LogP contribution is -2.07. The Balaban J connectivity index is 1.68. The molecule has 1 N–H and O–H groups in total. The van der Waals surface area contributed by atoms with Crippen LogP contribution in [0.3, 0.4) is 0 Å². The zero-order chi connectivity index (χ0) is 16.9. The standard InChI is InChI=1S/C18H19F2NO3/c19-18(20)24-15-7-5-12(9-16(15)23-11-14-3-4-14)1-2-13-6-8-17(22)21-10-13/h5-10,14,18H,1-4,11H2,(H,21,22). The number of benzene rings is 1. The molecule has 1 aliphatic carbocycles. The number of nitrogens with one attached hydrogen (secondary N) is 1. The summed E-state index contributed by atoms with van der Waals surface area (Å²) >= 11 is 0. The van der Waals surface area contributed by atoms with Crippen LogP contribution in [0.25, 0.3) is 0 Å². The molecule has 0 spiro atoms. The molecule has 6 heteroatoms. The second-order valence-corrected chi connectivity index (χ2v) is 5.98. The molecule has 0 radical (unpaired) electrons. The lowest BCUT2D eigenvalue weighted by Gasteiger charge is -2.13. The smallest absolute Gasteiger partial charge is 0.387 e. The average molecular weight is 335 g/mol. The van der Waals surface area contributed by atoms with Crippen molar-refractivity contribution in [1.29, 1.82) is 0 Å². The molecule has 1 fully saturated rings. The van der Waals surface area contributed by atoms with E-state index in [0.29, 0.717) is 24.7 Å². The van der Waals surface area contributed by atoms with Gasteiger partial charge >= 0.3 is 6.61 Å². The number of rotatable bonds is 8. The van der Waals surface area contributed by atoms with Gasteiger partial charge in [-0.25, -0.2) is 0 Å². The first kappa shape index (κ1) is 16.5. The molecule has 1 aliphatic rings. The van der Waals surface area contributed by atoms with Crippen molar-refractivity contribution in [3.05, 3.63) is 58.0 Å². The molecule has 128 valence electrons.